The number of hydrogen-bond acceptors (Lipinski definition) is 11. The van der Waals surface area contributed by atoms with Crippen LogP contribution in [0.2, 0.25) is 0 Å². The number of ether oxygens (including phenoxy) is 1. The van der Waals surface area contributed by atoms with E-state index in [0.717, 1.165) is 53.4 Å². The molecule has 2 aliphatic rings. The summed E-state index contributed by atoms with van der Waals surface area (Å²) in [7, 11) is 1.82. The number of β-amino-alcohol motifs (C(OH)–C–C–N with tert-alkyl or cyclic N) is 1. The van der Waals surface area contributed by atoms with Gasteiger partial charge in [0.25, 0.3) is 0 Å². The number of hydrogen-bond donors (Lipinski definition) is 2. The van der Waals surface area contributed by atoms with Crippen LogP contribution >= 0.6 is 11.3 Å². The second kappa shape index (κ2) is 10.4. The van der Waals surface area contributed by atoms with Gasteiger partial charge in [0.15, 0.2) is 11.6 Å². The first-order chi connectivity index (χ1) is 17.0. The van der Waals surface area contributed by atoms with Crippen molar-refractivity contribution >= 4 is 39.2 Å². The molecule has 2 fully saturated rings. The fourth-order valence-electron chi connectivity index (χ4n) is 4.42. The molecule has 35 heavy (non-hydrogen) atoms. The summed E-state index contributed by atoms with van der Waals surface area (Å²) in [5.41, 5.74) is 7.17. The van der Waals surface area contributed by atoms with E-state index in [2.05, 4.69) is 14.9 Å². The third-order valence-electron chi connectivity index (χ3n) is 6.30. The zero-order valence-corrected chi connectivity index (χ0v) is 20.6. The summed E-state index contributed by atoms with van der Waals surface area (Å²) in [5, 5.41) is 9.90. The van der Waals surface area contributed by atoms with Crippen LogP contribution in [0.1, 0.15) is 17.7 Å². The molecule has 2 aliphatic heterocycles. The molecule has 1 atom stereocenters. The van der Waals surface area contributed by atoms with Gasteiger partial charge in [-0.2, -0.15) is 0 Å². The van der Waals surface area contributed by atoms with Crippen molar-refractivity contribution in [2.75, 3.05) is 63.6 Å². The van der Waals surface area contributed by atoms with Crippen molar-refractivity contribution in [1.82, 2.24) is 29.7 Å². The number of nitrogens with two attached hydrogens (primary N) is 1. The molecular weight excluding hydrogens is 468 g/mol. The number of fused-ring (bicyclic) bond motifs is 1. The average Bonchev–Trinajstić information content (AvgIpc) is 3.26. The molecule has 0 saturated carbocycles. The van der Waals surface area contributed by atoms with Crippen LogP contribution in [0.5, 0.6) is 0 Å². The predicted octanol–water partition coefficient (Wildman–Crippen LogP) is 0.982. The van der Waals surface area contributed by atoms with Gasteiger partial charge in [-0.05, 0) is 25.5 Å². The minimum Gasteiger partial charge on any atom is -0.392 e. The molecule has 3 aromatic rings. The molecule has 1 unspecified atom stereocenters. The fourth-order valence-corrected chi connectivity index (χ4v) is 5.59. The molecule has 0 aromatic carbocycles. The molecule has 0 radical (unpaired) electrons. The number of aliphatic hydroxyl groups excluding tert-OH is 1. The second-order valence-corrected chi connectivity index (χ2v) is 10.1. The number of likely N-dealkylation sites (tertiary alicyclic amines) is 1. The number of rotatable bonds is 6. The number of anilines is 2. The van der Waals surface area contributed by atoms with Gasteiger partial charge in [-0.25, -0.2) is 19.9 Å². The summed E-state index contributed by atoms with van der Waals surface area (Å²) in [6, 6.07) is 2.03. The number of nitrogens with zero attached hydrogens (tertiary/aromatic N) is 7. The zero-order valence-electron chi connectivity index (χ0n) is 19.8. The molecule has 3 aromatic heterocycles. The summed E-state index contributed by atoms with van der Waals surface area (Å²) < 4.78 is 6.52. The van der Waals surface area contributed by atoms with Gasteiger partial charge in [-0.3, -0.25) is 9.69 Å². The Bertz CT molecular complexity index is 1180. The summed E-state index contributed by atoms with van der Waals surface area (Å²) in [6.07, 6.45) is 4.63. The summed E-state index contributed by atoms with van der Waals surface area (Å²) in [5.74, 6) is 1.64. The van der Waals surface area contributed by atoms with E-state index in [1.54, 1.807) is 28.6 Å². The van der Waals surface area contributed by atoms with E-state index in [0.29, 0.717) is 44.2 Å². The number of aromatic nitrogens is 4. The van der Waals surface area contributed by atoms with Gasteiger partial charge in [-0.1, -0.05) is 0 Å². The van der Waals surface area contributed by atoms with Gasteiger partial charge in [0.2, 0.25) is 11.9 Å². The Morgan fingerprint density at radius 1 is 1.26 bits per heavy atom. The number of morpholine rings is 1. The Hall–Kier alpha value is -2.93. The largest absolute Gasteiger partial charge is 0.392 e. The van der Waals surface area contributed by atoms with Gasteiger partial charge >= 0.3 is 0 Å². The van der Waals surface area contributed by atoms with Gasteiger partial charge in [0.05, 0.1) is 48.2 Å². The van der Waals surface area contributed by atoms with E-state index in [9.17, 15) is 9.90 Å². The highest BCUT2D eigenvalue weighted by molar-refractivity contribution is 7.19. The first kappa shape index (κ1) is 23.8. The lowest BCUT2D eigenvalue weighted by Crippen LogP contribution is -2.44. The van der Waals surface area contributed by atoms with E-state index in [4.69, 9.17) is 20.4 Å². The van der Waals surface area contributed by atoms with E-state index < -0.39 is 0 Å². The van der Waals surface area contributed by atoms with Crippen LogP contribution in [0.3, 0.4) is 0 Å². The number of thiophene rings is 1. The molecule has 0 aliphatic carbocycles. The molecule has 5 heterocycles. The number of likely N-dealkylation sites (N-methyl/N-ethyl adjacent to an activating group) is 1. The third-order valence-corrected chi connectivity index (χ3v) is 7.41. The highest BCUT2D eigenvalue weighted by atomic mass is 32.1. The molecule has 12 heteroatoms. The molecule has 11 nitrogen and oxygen atoms in total. The van der Waals surface area contributed by atoms with Gasteiger partial charge in [0, 0.05) is 44.0 Å². The maximum absolute atomic E-state index is 12.9. The van der Waals surface area contributed by atoms with Gasteiger partial charge in [0.1, 0.15) is 0 Å². The van der Waals surface area contributed by atoms with Gasteiger partial charge < -0.3 is 25.4 Å². The van der Waals surface area contributed by atoms with Crippen LogP contribution in [0.4, 0.5) is 11.8 Å². The van der Waals surface area contributed by atoms with Crippen LogP contribution in [-0.4, -0.2) is 99.8 Å². The molecule has 2 saturated heterocycles. The second-order valence-electron chi connectivity index (χ2n) is 9.01. The van der Waals surface area contributed by atoms with Crippen molar-refractivity contribution in [2.24, 2.45) is 0 Å². The van der Waals surface area contributed by atoms with Crippen molar-refractivity contribution < 1.29 is 14.6 Å². The third kappa shape index (κ3) is 5.50. The Labute approximate surface area is 207 Å². The number of aliphatic hydroxyl groups is 1. The Balaban J connectivity index is 1.40. The molecular formula is C23H30N8O3S. The van der Waals surface area contributed by atoms with E-state index >= 15 is 0 Å². The smallest absolute Gasteiger partial charge is 0.236 e. The highest BCUT2D eigenvalue weighted by Gasteiger charge is 2.23. The van der Waals surface area contributed by atoms with Crippen molar-refractivity contribution in [3.05, 3.63) is 23.3 Å². The van der Waals surface area contributed by atoms with E-state index in [1.807, 2.05) is 18.0 Å². The van der Waals surface area contributed by atoms with Crippen molar-refractivity contribution in [3.8, 4) is 11.4 Å². The summed E-state index contributed by atoms with van der Waals surface area (Å²) in [4.78, 5) is 37.7. The zero-order chi connectivity index (χ0) is 24.4. The molecule has 3 N–H and O–H groups in total. The normalized spacial score (nSPS) is 19.3. The Morgan fingerprint density at radius 3 is 2.77 bits per heavy atom. The van der Waals surface area contributed by atoms with Gasteiger partial charge in [-0.15, -0.1) is 11.3 Å². The molecule has 1 amide bonds. The minimum atomic E-state index is -0.345. The van der Waals surface area contributed by atoms with Crippen LogP contribution < -0.4 is 10.6 Å². The summed E-state index contributed by atoms with van der Waals surface area (Å²) >= 11 is 1.61. The van der Waals surface area contributed by atoms with Crippen molar-refractivity contribution in [2.45, 2.75) is 25.5 Å². The number of piperidine rings is 1. The minimum absolute atomic E-state index is 0.0377. The molecule has 5 rings (SSSR count). The number of nitrogen functional groups attached to an aromatic ring is 1. The lowest BCUT2D eigenvalue weighted by atomic mass is 10.1. The SMILES string of the molecule is CN(Cc1cc2nc(-c3cnc(N)nc3)nc(N3CCOCC3)c2s1)C(=O)CN1CCCC(O)C1. The maximum atomic E-state index is 12.9. The highest BCUT2D eigenvalue weighted by Crippen LogP contribution is 2.34. The van der Waals surface area contributed by atoms with Crippen molar-refractivity contribution in [1.29, 1.82) is 0 Å². The predicted molar refractivity (Wildman–Crippen MR) is 134 cm³/mol. The average molecular weight is 499 g/mol. The lowest BCUT2D eigenvalue weighted by molar-refractivity contribution is -0.132. The topological polar surface area (TPSA) is 134 Å². The quantitative estimate of drug-likeness (QED) is 0.506. The standard InChI is InChI=1S/C23H30N8O3S/c1-29(19(33)14-30-4-2-3-16(32)12-30)13-17-9-18-20(35-17)22(31-5-7-34-8-6-31)28-21(27-18)15-10-25-23(24)26-11-15/h9-11,16,32H,2-8,12-14H2,1H3,(H2,24,25,26). The van der Waals surface area contributed by atoms with Crippen molar-refractivity contribution in [3.63, 3.8) is 0 Å². The molecule has 186 valence electrons. The maximum Gasteiger partial charge on any atom is 0.236 e. The number of carbonyl (C=O) groups is 1. The van der Waals surface area contributed by atoms with Crippen LogP contribution in [0.15, 0.2) is 18.5 Å². The Kier molecular flexibility index (Phi) is 7.04. The first-order valence-electron chi connectivity index (χ1n) is 11.8. The molecule has 0 bridgehead atoms. The number of carbonyl (C=O) groups excluding carboxylic acids is 1. The van der Waals surface area contributed by atoms with Crippen LogP contribution in [0, 0.1) is 0 Å². The van der Waals surface area contributed by atoms with Crippen LogP contribution in [0.25, 0.3) is 21.6 Å². The monoisotopic (exact) mass is 498 g/mol. The Morgan fingerprint density at radius 2 is 2.03 bits per heavy atom. The summed E-state index contributed by atoms with van der Waals surface area (Å²) in [6.45, 7) is 4.99. The fraction of sp³-hybridized carbons (Fsp3) is 0.522. The van der Waals surface area contributed by atoms with Crippen LogP contribution in [-0.2, 0) is 16.1 Å². The number of amides is 1. The first-order valence-corrected chi connectivity index (χ1v) is 12.6. The van der Waals surface area contributed by atoms with E-state index in [1.165, 1.54) is 0 Å². The molecule has 0 spiro atoms. The lowest BCUT2D eigenvalue weighted by Gasteiger charge is -2.30. The van der Waals surface area contributed by atoms with E-state index in [-0.39, 0.29) is 18.0 Å².